The van der Waals surface area contributed by atoms with E-state index in [4.69, 9.17) is 5.11 Å². The van der Waals surface area contributed by atoms with Gasteiger partial charge in [0.15, 0.2) is 0 Å². The van der Waals surface area contributed by atoms with Gasteiger partial charge in [-0.1, -0.05) is 30.3 Å². The average molecular weight is 384 g/mol. The number of rotatable bonds is 10. The first-order chi connectivity index (χ1) is 12.1. The summed E-state index contributed by atoms with van der Waals surface area (Å²) in [7, 11) is -3.18. The molecule has 0 aliphatic carbocycles. The van der Waals surface area contributed by atoms with Gasteiger partial charge in [-0.05, 0) is 32.3 Å². The van der Waals surface area contributed by atoms with Crippen molar-refractivity contribution in [2.24, 2.45) is 0 Å². The molecule has 2 N–H and O–H groups in total. The molecule has 1 aromatic carbocycles. The smallest absolute Gasteiger partial charge is 0.317 e. The molecule has 0 aromatic heterocycles. The number of aliphatic carboxylic acids is 1. The molecule has 0 heterocycles. The largest absolute Gasteiger partial charge is 0.481 e. The highest BCUT2D eigenvalue weighted by Gasteiger charge is 2.22. The number of hydrogen-bond donors (Lipinski definition) is 2. The number of benzene rings is 1. The van der Waals surface area contributed by atoms with Gasteiger partial charge < -0.3 is 15.3 Å². The SMILES string of the molecule is CC(C)N(CCS(C)(=O)=O)C(=O)NC(CCC(=O)O)Cc1ccccc1. The molecule has 0 aliphatic heterocycles. The van der Waals surface area contributed by atoms with Crippen molar-refractivity contribution in [1.82, 2.24) is 10.2 Å². The quantitative estimate of drug-likeness (QED) is 0.641. The minimum absolute atomic E-state index is 0.0528. The van der Waals surface area contributed by atoms with Crippen molar-refractivity contribution >= 4 is 21.8 Å². The second-order valence-electron chi connectivity index (χ2n) is 6.69. The van der Waals surface area contributed by atoms with Gasteiger partial charge >= 0.3 is 12.0 Å². The highest BCUT2D eigenvalue weighted by molar-refractivity contribution is 7.90. The monoisotopic (exact) mass is 384 g/mol. The molecule has 1 unspecified atom stereocenters. The molecule has 1 atom stereocenters. The molecular weight excluding hydrogens is 356 g/mol. The number of sulfone groups is 1. The number of hydrogen-bond acceptors (Lipinski definition) is 4. The Bertz CT molecular complexity index is 689. The number of carbonyl (C=O) groups excluding carboxylic acids is 1. The van der Waals surface area contributed by atoms with Gasteiger partial charge in [-0.3, -0.25) is 4.79 Å². The lowest BCUT2D eigenvalue weighted by Crippen LogP contribution is -2.49. The minimum atomic E-state index is -3.18. The molecule has 1 rings (SSSR count). The number of carbonyl (C=O) groups is 2. The van der Waals surface area contributed by atoms with E-state index in [1.807, 2.05) is 44.2 Å². The highest BCUT2D eigenvalue weighted by Crippen LogP contribution is 2.10. The van der Waals surface area contributed by atoms with Crippen LogP contribution in [0.5, 0.6) is 0 Å². The van der Waals surface area contributed by atoms with Crippen molar-refractivity contribution < 1.29 is 23.1 Å². The summed E-state index contributed by atoms with van der Waals surface area (Å²) in [4.78, 5) is 25.0. The molecule has 0 aliphatic rings. The first-order valence-corrected chi connectivity index (χ1v) is 10.6. The fourth-order valence-corrected chi connectivity index (χ4v) is 3.07. The molecule has 26 heavy (non-hydrogen) atoms. The van der Waals surface area contributed by atoms with E-state index in [9.17, 15) is 18.0 Å². The van der Waals surface area contributed by atoms with E-state index in [1.165, 1.54) is 4.90 Å². The van der Waals surface area contributed by atoms with Crippen LogP contribution in [0.2, 0.25) is 0 Å². The van der Waals surface area contributed by atoms with Gasteiger partial charge in [-0.2, -0.15) is 0 Å². The normalized spacial score (nSPS) is 12.6. The molecule has 0 spiro atoms. The Morgan fingerprint density at radius 1 is 1.19 bits per heavy atom. The third kappa shape index (κ3) is 8.84. The summed E-state index contributed by atoms with van der Waals surface area (Å²) in [6.07, 6.45) is 1.89. The number of urea groups is 1. The van der Waals surface area contributed by atoms with Crippen LogP contribution in [0.25, 0.3) is 0 Å². The molecule has 8 heteroatoms. The Morgan fingerprint density at radius 2 is 1.81 bits per heavy atom. The topological polar surface area (TPSA) is 104 Å². The first kappa shape index (κ1) is 22.0. The molecule has 0 saturated carbocycles. The Balaban J connectivity index is 2.81. The predicted octanol–water partition coefficient (Wildman–Crippen LogP) is 1.93. The van der Waals surface area contributed by atoms with E-state index >= 15 is 0 Å². The Kier molecular flexibility index (Phi) is 8.57. The van der Waals surface area contributed by atoms with Crippen LogP contribution in [0, 0.1) is 0 Å². The molecule has 0 saturated heterocycles. The van der Waals surface area contributed by atoms with Gasteiger partial charge in [-0.15, -0.1) is 0 Å². The van der Waals surface area contributed by atoms with E-state index in [1.54, 1.807) is 0 Å². The standard InChI is InChI=1S/C18H28N2O5S/c1-14(2)20(11-12-26(3,24)25)18(23)19-16(9-10-17(21)22)13-15-7-5-4-6-8-15/h4-8,14,16H,9-13H2,1-3H3,(H,19,23)(H,21,22). The summed E-state index contributed by atoms with van der Waals surface area (Å²) in [6.45, 7) is 3.72. The zero-order chi connectivity index (χ0) is 19.7. The molecule has 146 valence electrons. The predicted molar refractivity (Wildman–Crippen MR) is 101 cm³/mol. The number of nitrogens with one attached hydrogen (secondary N) is 1. The Labute approximate surface area is 155 Å². The number of carboxylic acid groups (broad SMARTS) is 1. The van der Waals surface area contributed by atoms with Crippen LogP contribution < -0.4 is 5.32 Å². The second kappa shape index (κ2) is 10.2. The van der Waals surface area contributed by atoms with Gasteiger partial charge in [0.25, 0.3) is 0 Å². The summed E-state index contributed by atoms with van der Waals surface area (Å²) in [5.74, 6) is -1.04. The molecule has 0 radical (unpaired) electrons. The Hall–Kier alpha value is -2.09. The Morgan fingerprint density at radius 3 is 2.31 bits per heavy atom. The van der Waals surface area contributed by atoms with Crippen LogP contribution in [0.15, 0.2) is 30.3 Å². The fraction of sp³-hybridized carbons (Fsp3) is 0.556. The van der Waals surface area contributed by atoms with Crippen molar-refractivity contribution in [3.8, 4) is 0 Å². The zero-order valence-electron chi connectivity index (χ0n) is 15.5. The molecule has 0 bridgehead atoms. The van der Waals surface area contributed by atoms with E-state index < -0.39 is 15.8 Å². The maximum absolute atomic E-state index is 12.6. The third-order valence-electron chi connectivity index (χ3n) is 3.95. The summed E-state index contributed by atoms with van der Waals surface area (Å²) in [6, 6.07) is 8.60. The highest BCUT2D eigenvalue weighted by atomic mass is 32.2. The molecule has 7 nitrogen and oxygen atoms in total. The van der Waals surface area contributed by atoms with Crippen molar-refractivity contribution in [3.05, 3.63) is 35.9 Å². The lowest BCUT2D eigenvalue weighted by Gasteiger charge is -2.29. The van der Waals surface area contributed by atoms with Gasteiger partial charge in [0.05, 0.1) is 5.75 Å². The average Bonchev–Trinajstić information content (AvgIpc) is 2.52. The van der Waals surface area contributed by atoms with Gasteiger partial charge in [0.1, 0.15) is 9.84 Å². The van der Waals surface area contributed by atoms with E-state index in [0.29, 0.717) is 12.8 Å². The van der Waals surface area contributed by atoms with Crippen LogP contribution >= 0.6 is 0 Å². The molecule has 1 aromatic rings. The van der Waals surface area contributed by atoms with Crippen LogP contribution in [0.3, 0.4) is 0 Å². The maximum atomic E-state index is 12.6. The summed E-state index contributed by atoms with van der Waals surface area (Å²) >= 11 is 0. The zero-order valence-corrected chi connectivity index (χ0v) is 16.3. The lowest BCUT2D eigenvalue weighted by atomic mass is 10.0. The van der Waals surface area contributed by atoms with Crippen molar-refractivity contribution in [1.29, 1.82) is 0 Å². The van der Waals surface area contributed by atoms with Crippen LogP contribution in [0.1, 0.15) is 32.3 Å². The lowest BCUT2D eigenvalue weighted by molar-refractivity contribution is -0.137. The third-order valence-corrected chi connectivity index (χ3v) is 4.87. The molecular formula is C18H28N2O5S. The summed E-state index contributed by atoms with van der Waals surface area (Å²) in [5.41, 5.74) is 0.996. The van der Waals surface area contributed by atoms with Gasteiger partial charge in [-0.25, -0.2) is 13.2 Å². The first-order valence-electron chi connectivity index (χ1n) is 8.59. The van der Waals surface area contributed by atoms with Crippen molar-refractivity contribution in [2.45, 2.75) is 45.2 Å². The second-order valence-corrected chi connectivity index (χ2v) is 8.95. The van der Waals surface area contributed by atoms with Gasteiger partial charge in [0.2, 0.25) is 0 Å². The number of carboxylic acids is 1. The van der Waals surface area contributed by atoms with Crippen LogP contribution in [-0.2, 0) is 21.1 Å². The van der Waals surface area contributed by atoms with E-state index in [-0.39, 0.29) is 36.8 Å². The number of amides is 2. The van der Waals surface area contributed by atoms with Crippen LogP contribution in [-0.4, -0.2) is 61.1 Å². The molecule has 0 fully saturated rings. The van der Waals surface area contributed by atoms with E-state index in [2.05, 4.69) is 5.32 Å². The van der Waals surface area contributed by atoms with Crippen molar-refractivity contribution in [3.63, 3.8) is 0 Å². The van der Waals surface area contributed by atoms with E-state index in [0.717, 1.165) is 11.8 Å². The van der Waals surface area contributed by atoms with Gasteiger partial charge in [0, 0.05) is 31.3 Å². The number of nitrogens with zero attached hydrogens (tertiary/aromatic N) is 1. The van der Waals surface area contributed by atoms with Crippen molar-refractivity contribution in [2.75, 3.05) is 18.6 Å². The summed E-state index contributed by atoms with van der Waals surface area (Å²) < 4.78 is 22.8. The van der Waals surface area contributed by atoms with Crippen LogP contribution in [0.4, 0.5) is 4.79 Å². The fourth-order valence-electron chi connectivity index (χ4n) is 2.54. The molecule has 2 amide bonds. The summed E-state index contributed by atoms with van der Waals surface area (Å²) in [5, 5.41) is 11.8. The minimum Gasteiger partial charge on any atom is -0.481 e. The maximum Gasteiger partial charge on any atom is 0.317 e.